The van der Waals surface area contributed by atoms with Gasteiger partial charge in [-0.3, -0.25) is 4.79 Å². The Morgan fingerprint density at radius 1 is 0.923 bits per heavy atom. The van der Waals surface area contributed by atoms with Crippen molar-refractivity contribution in [2.75, 3.05) is 0 Å². The fourth-order valence-electron chi connectivity index (χ4n) is 13.0. The standard InChI is InChI=1S/C32H50O7/c1-16-23-18(38-32(36)24(16)39-27(5,6)25(32)35)13-28(7)20-10-9-19-26(3,4)21(34)11-12-30(19)15-31(20,30)14-22(29(23,28)8)37-17(2)33/h16,18-25,34-36H,9-15H2,1-8H3. The van der Waals surface area contributed by atoms with Gasteiger partial charge in [-0.05, 0) is 104 Å². The number of aliphatic hydroxyl groups excluding tert-OH is 2. The Balaban J connectivity index is 1.33. The maximum absolute atomic E-state index is 12.7. The van der Waals surface area contributed by atoms with Gasteiger partial charge in [-0.1, -0.05) is 34.6 Å². The Labute approximate surface area is 233 Å². The first kappa shape index (κ1) is 27.1. The van der Waals surface area contributed by atoms with Crippen LogP contribution in [0.4, 0.5) is 0 Å². The zero-order chi connectivity index (χ0) is 28.3. The molecule has 0 bridgehead atoms. The monoisotopic (exact) mass is 546 g/mol. The van der Waals surface area contributed by atoms with E-state index in [9.17, 15) is 20.1 Å². The molecule has 14 unspecified atom stereocenters. The molecule has 2 spiro atoms. The lowest BCUT2D eigenvalue weighted by atomic mass is 9.41. The van der Waals surface area contributed by atoms with E-state index in [0.717, 1.165) is 44.9 Å². The molecule has 0 aromatic carbocycles. The van der Waals surface area contributed by atoms with Crippen molar-refractivity contribution in [2.45, 2.75) is 142 Å². The maximum Gasteiger partial charge on any atom is 0.302 e. The Morgan fingerprint density at radius 2 is 1.59 bits per heavy atom. The van der Waals surface area contributed by atoms with Gasteiger partial charge in [0.2, 0.25) is 5.79 Å². The van der Waals surface area contributed by atoms with Crippen LogP contribution in [0.25, 0.3) is 0 Å². The van der Waals surface area contributed by atoms with Gasteiger partial charge in [0.05, 0.1) is 17.8 Å². The van der Waals surface area contributed by atoms with Crippen LogP contribution >= 0.6 is 0 Å². The van der Waals surface area contributed by atoms with Crippen molar-refractivity contribution in [2.24, 2.45) is 50.7 Å². The summed E-state index contributed by atoms with van der Waals surface area (Å²) in [5.41, 5.74) is -1.27. The second kappa shape index (κ2) is 7.42. The van der Waals surface area contributed by atoms with Crippen LogP contribution < -0.4 is 0 Å². The van der Waals surface area contributed by atoms with Crippen LogP contribution in [0.15, 0.2) is 0 Å². The normalized spacial score (nSPS) is 61.6. The van der Waals surface area contributed by atoms with E-state index in [-0.39, 0.29) is 63.2 Å². The van der Waals surface area contributed by atoms with Gasteiger partial charge in [0.1, 0.15) is 18.3 Å². The minimum absolute atomic E-state index is 0.0209. The summed E-state index contributed by atoms with van der Waals surface area (Å²) in [6.07, 6.45) is 4.34. The Morgan fingerprint density at radius 3 is 2.26 bits per heavy atom. The largest absolute Gasteiger partial charge is 0.462 e. The predicted molar refractivity (Wildman–Crippen MR) is 143 cm³/mol. The molecule has 14 atom stereocenters. The van der Waals surface area contributed by atoms with Crippen LogP contribution in [-0.2, 0) is 19.0 Å². The Hall–Kier alpha value is -0.730. The molecular formula is C32H50O7. The second-order valence-corrected chi connectivity index (χ2v) is 16.6. The highest BCUT2D eigenvalue weighted by molar-refractivity contribution is 5.66. The average molecular weight is 547 g/mol. The van der Waals surface area contributed by atoms with Gasteiger partial charge in [-0.25, -0.2) is 0 Å². The van der Waals surface area contributed by atoms with E-state index in [2.05, 4.69) is 34.6 Å². The lowest BCUT2D eigenvalue weighted by Gasteiger charge is -2.65. The van der Waals surface area contributed by atoms with Crippen molar-refractivity contribution in [1.82, 2.24) is 0 Å². The SMILES string of the molecule is CC(=O)OC1CC23CC24CCC(O)C(C)(C)C4CCC3C2(C)CC3OC4(O)C(OC(C)(C)C4O)C(C)C3C12C. The zero-order valence-electron chi connectivity index (χ0n) is 25.1. The molecule has 7 rings (SSSR count). The van der Waals surface area contributed by atoms with E-state index in [1.165, 1.54) is 6.92 Å². The van der Waals surface area contributed by atoms with E-state index >= 15 is 0 Å². The summed E-state index contributed by atoms with van der Waals surface area (Å²) in [6, 6.07) is 0. The number of fused-ring (bicyclic) bond motifs is 5. The molecule has 7 nitrogen and oxygen atoms in total. The van der Waals surface area contributed by atoms with Crippen LogP contribution in [-0.4, -0.2) is 63.2 Å². The van der Waals surface area contributed by atoms with Crippen molar-refractivity contribution >= 4 is 5.97 Å². The van der Waals surface area contributed by atoms with E-state index in [1.54, 1.807) is 0 Å². The predicted octanol–water partition coefficient (Wildman–Crippen LogP) is 4.20. The molecule has 39 heavy (non-hydrogen) atoms. The maximum atomic E-state index is 12.7. The smallest absolute Gasteiger partial charge is 0.302 e. The van der Waals surface area contributed by atoms with E-state index < -0.39 is 23.6 Å². The molecule has 5 saturated carbocycles. The minimum Gasteiger partial charge on any atom is -0.462 e. The number of aliphatic hydroxyl groups is 3. The highest BCUT2D eigenvalue weighted by Crippen LogP contribution is 2.89. The second-order valence-electron chi connectivity index (χ2n) is 16.6. The molecule has 5 aliphatic carbocycles. The van der Waals surface area contributed by atoms with Crippen LogP contribution in [0.3, 0.4) is 0 Å². The Bertz CT molecular complexity index is 1100. The van der Waals surface area contributed by atoms with Crippen LogP contribution in [0.1, 0.15) is 100 Å². The molecule has 2 saturated heterocycles. The molecule has 3 N–H and O–H groups in total. The molecule has 7 fully saturated rings. The van der Waals surface area contributed by atoms with E-state index in [4.69, 9.17) is 14.2 Å². The number of esters is 1. The fraction of sp³-hybridized carbons (Fsp3) is 0.969. The van der Waals surface area contributed by atoms with Gasteiger partial charge >= 0.3 is 5.97 Å². The average Bonchev–Trinajstić information content (AvgIpc) is 3.36. The van der Waals surface area contributed by atoms with Gasteiger partial charge in [0.25, 0.3) is 0 Å². The summed E-state index contributed by atoms with van der Waals surface area (Å²) in [5.74, 6) is -1.12. The number of ether oxygens (including phenoxy) is 3. The quantitative estimate of drug-likeness (QED) is 0.424. The highest BCUT2D eigenvalue weighted by atomic mass is 16.7. The summed E-state index contributed by atoms with van der Waals surface area (Å²) in [4.78, 5) is 12.7. The third-order valence-electron chi connectivity index (χ3n) is 14.7. The lowest BCUT2D eigenvalue weighted by Crippen LogP contribution is -2.66. The minimum atomic E-state index is -1.75. The topological polar surface area (TPSA) is 105 Å². The highest BCUT2D eigenvalue weighted by Gasteiger charge is 2.86. The van der Waals surface area contributed by atoms with Gasteiger partial charge in [0.15, 0.2) is 0 Å². The first-order chi connectivity index (χ1) is 17.9. The molecule has 7 heteroatoms. The van der Waals surface area contributed by atoms with Gasteiger partial charge < -0.3 is 29.5 Å². The summed E-state index contributed by atoms with van der Waals surface area (Å²) >= 11 is 0. The van der Waals surface area contributed by atoms with Gasteiger partial charge in [-0.15, -0.1) is 0 Å². The van der Waals surface area contributed by atoms with E-state index in [1.807, 2.05) is 13.8 Å². The van der Waals surface area contributed by atoms with Crippen molar-refractivity contribution in [1.29, 1.82) is 0 Å². The third-order valence-corrected chi connectivity index (χ3v) is 14.7. The van der Waals surface area contributed by atoms with E-state index in [0.29, 0.717) is 11.8 Å². The fourth-order valence-corrected chi connectivity index (χ4v) is 13.0. The summed E-state index contributed by atoms with van der Waals surface area (Å²) in [7, 11) is 0. The van der Waals surface area contributed by atoms with Crippen LogP contribution in [0.2, 0.25) is 0 Å². The lowest BCUT2D eigenvalue weighted by molar-refractivity contribution is -0.330. The summed E-state index contributed by atoms with van der Waals surface area (Å²) in [5, 5.41) is 33.9. The number of carbonyl (C=O) groups excluding carboxylic acids is 1. The van der Waals surface area contributed by atoms with Crippen LogP contribution in [0.5, 0.6) is 0 Å². The van der Waals surface area contributed by atoms with Crippen molar-refractivity contribution in [3.63, 3.8) is 0 Å². The Kier molecular flexibility index (Phi) is 5.16. The molecule has 2 aliphatic heterocycles. The van der Waals surface area contributed by atoms with Crippen LogP contribution in [0, 0.1) is 50.7 Å². The number of rotatable bonds is 1. The third kappa shape index (κ3) is 2.82. The zero-order valence-corrected chi connectivity index (χ0v) is 25.1. The number of hydrogen-bond donors (Lipinski definition) is 3. The molecule has 0 aromatic heterocycles. The van der Waals surface area contributed by atoms with Crippen molar-refractivity contribution in [3.05, 3.63) is 0 Å². The van der Waals surface area contributed by atoms with Gasteiger partial charge in [0, 0.05) is 12.3 Å². The molecule has 0 radical (unpaired) electrons. The molecule has 2 heterocycles. The van der Waals surface area contributed by atoms with Crippen molar-refractivity contribution < 1.29 is 34.3 Å². The molecular weight excluding hydrogens is 496 g/mol. The molecule has 0 aromatic rings. The first-order valence-corrected chi connectivity index (χ1v) is 15.5. The van der Waals surface area contributed by atoms with Gasteiger partial charge in [-0.2, -0.15) is 0 Å². The summed E-state index contributed by atoms with van der Waals surface area (Å²) < 4.78 is 19.3. The van der Waals surface area contributed by atoms with Crippen molar-refractivity contribution in [3.8, 4) is 0 Å². The molecule has 220 valence electrons. The molecule has 0 amide bonds. The number of hydrogen-bond acceptors (Lipinski definition) is 7. The first-order valence-electron chi connectivity index (χ1n) is 15.5. The molecule has 7 aliphatic rings. The number of carbonyl (C=O) groups is 1. The summed E-state index contributed by atoms with van der Waals surface area (Å²) in [6.45, 7) is 16.6.